The van der Waals surface area contributed by atoms with Crippen molar-refractivity contribution < 1.29 is 104 Å². The molecule has 0 aliphatic carbocycles. The number of benzene rings is 1. The van der Waals surface area contributed by atoms with Crippen LogP contribution in [0.1, 0.15) is 5.56 Å². The molecule has 16 heavy (non-hydrogen) atoms. The Bertz CT molecular complexity index is 293. The molecule has 0 saturated carbocycles. The Morgan fingerprint density at radius 2 is 1.44 bits per heavy atom. The first-order chi connectivity index (χ1) is 5.93. The Hall–Kier alpha value is 2.01. The second kappa shape index (κ2) is 19.4. The summed E-state index contributed by atoms with van der Waals surface area (Å²) in [7, 11) is 0. The molecular weight excluding hydrogens is 1050 g/mol. The van der Waals surface area contributed by atoms with E-state index in [1.54, 1.807) is 0 Å². The molecule has 0 saturated heterocycles. The molecule has 0 aliphatic rings. The van der Waals surface area contributed by atoms with Crippen LogP contribution in [0.5, 0.6) is 0 Å². The van der Waals surface area contributed by atoms with E-state index in [-0.39, 0.29) is 84.3 Å². The fourth-order valence-corrected chi connectivity index (χ4v) is 1.11. The van der Waals surface area contributed by atoms with Crippen molar-refractivity contribution in [3.8, 4) is 0 Å². The molecule has 0 spiro atoms. The van der Waals surface area contributed by atoms with E-state index in [1.807, 2.05) is 48.6 Å². The van der Waals surface area contributed by atoms with Gasteiger partial charge in [0.05, 0.1) is 0 Å². The van der Waals surface area contributed by atoms with E-state index in [2.05, 4.69) is 10.5 Å². The van der Waals surface area contributed by atoms with Crippen molar-refractivity contribution in [3.05, 3.63) is 60.2 Å². The summed E-state index contributed by atoms with van der Waals surface area (Å²) < 4.78 is 2.07. The zero-order chi connectivity index (χ0) is 8.65. The molecule has 84 valence electrons. The van der Waals surface area contributed by atoms with E-state index in [0.717, 1.165) is 5.56 Å². The van der Waals surface area contributed by atoms with Gasteiger partial charge in [-0.2, -0.15) is 0 Å². The Morgan fingerprint density at radius 3 is 1.94 bits per heavy atom. The molecule has 1 rings (SSSR count). The van der Waals surface area contributed by atoms with Gasteiger partial charge in [-0.1, -0.05) is 0 Å². The third-order valence-corrected chi connectivity index (χ3v) is 1.87. The summed E-state index contributed by atoms with van der Waals surface area (Å²) in [6, 6.07) is 10.1. The molecule has 0 aliphatic heterocycles. The van der Waals surface area contributed by atoms with E-state index in [1.165, 1.54) is 19.4 Å². The van der Waals surface area contributed by atoms with Crippen molar-refractivity contribution in [2.75, 3.05) is 0 Å². The van der Waals surface area contributed by atoms with Gasteiger partial charge in [0.1, 0.15) is 0 Å². The molecule has 0 radical (unpaired) electrons. The summed E-state index contributed by atoms with van der Waals surface area (Å²) in [5.74, 6) is 0. The number of hydrogen-bond acceptors (Lipinski definition) is 0. The van der Waals surface area contributed by atoms with E-state index < -0.39 is 0 Å². The zero-order valence-electron chi connectivity index (χ0n) is 8.24. The average Bonchev–Trinajstić information content (AvgIpc) is 2.14. The summed E-state index contributed by atoms with van der Waals surface area (Å²) in [4.78, 5) is 0. The summed E-state index contributed by atoms with van der Waals surface area (Å²) >= 11 is 1.47. The molecule has 0 fully saturated rings. The van der Waals surface area contributed by atoms with Gasteiger partial charge in [0.15, 0.2) is 0 Å². The monoisotopic (exact) mass is 1060 g/mol. The molecule has 5 heteroatoms. The van der Waals surface area contributed by atoms with Gasteiger partial charge in [0, 0.05) is 84.3 Å². The SMILES string of the molecule is [W].[W].[W].[W].[W]=[CH]/C=C\C=[C-]c1ccccc1. The topological polar surface area (TPSA) is 0 Å². The summed E-state index contributed by atoms with van der Waals surface area (Å²) in [5, 5.41) is 0. The van der Waals surface area contributed by atoms with Gasteiger partial charge in [-0.15, -0.1) is 0 Å². The average molecular weight is 1060 g/mol. The van der Waals surface area contributed by atoms with Gasteiger partial charge < -0.3 is 0 Å². The van der Waals surface area contributed by atoms with Gasteiger partial charge in [-0.05, 0) is 0 Å². The van der Waals surface area contributed by atoms with E-state index in [9.17, 15) is 0 Å². The van der Waals surface area contributed by atoms with Crippen molar-refractivity contribution in [1.29, 1.82) is 0 Å². The van der Waals surface area contributed by atoms with Crippen LogP contribution < -0.4 is 0 Å². The Labute approximate surface area is 166 Å². The number of rotatable bonds is 3. The van der Waals surface area contributed by atoms with Crippen LogP contribution >= 0.6 is 0 Å². The van der Waals surface area contributed by atoms with E-state index >= 15 is 0 Å². The molecule has 0 nitrogen and oxygen atoms in total. The maximum atomic E-state index is 3.16. The van der Waals surface area contributed by atoms with Crippen LogP contribution in [0.4, 0.5) is 0 Å². The molecule has 0 bridgehead atoms. The Morgan fingerprint density at radius 1 is 0.875 bits per heavy atom. The fourth-order valence-electron chi connectivity index (χ4n) is 0.780. The van der Waals surface area contributed by atoms with E-state index in [0.29, 0.717) is 0 Å². The first-order valence-electron chi connectivity index (χ1n) is 3.69. The third-order valence-electron chi connectivity index (χ3n) is 1.31. The predicted molar refractivity (Wildman–Crippen MR) is 48.6 cm³/mol. The molecule has 0 unspecified atom stereocenters. The second-order valence-corrected chi connectivity index (χ2v) is 3.18. The summed E-state index contributed by atoms with van der Waals surface area (Å²) in [5.41, 5.74) is 1.12. The molecular formula is C11H9W5-. The fraction of sp³-hybridized carbons (Fsp3) is 0. The van der Waals surface area contributed by atoms with Crippen molar-refractivity contribution in [1.82, 2.24) is 0 Å². The molecule has 0 heterocycles. The number of hydrogen-bond donors (Lipinski definition) is 0. The van der Waals surface area contributed by atoms with Crippen LogP contribution in [0, 0.1) is 6.08 Å². The van der Waals surface area contributed by atoms with Gasteiger partial charge in [0.25, 0.3) is 0 Å². The molecule has 0 N–H and O–H groups in total. The molecule has 0 amide bonds. The van der Waals surface area contributed by atoms with Crippen molar-refractivity contribution >= 4 is 4.40 Å². The number of allylic oxidation sites excluding steroid dienone is 3. The molecule has 1 aromatic carbocycles. The third kappa shape index (κ3) is 14.1. The van der Waals surface area contributed by atoms with Crippen LogP contribution in [-0.4, -0.2) is 4.40 Å². The maximum absolute atomic E-state index is 3.16. The van der Waals surface area contributed by atoms with Crippen LogP contribution in [0.3, 0.4) is 0 Å². The Balaban J connectivity index is -0.000000180. The zero-order valence-corrected chi connectivity index (χ0v) is 22.9. The first-order valence-corrected chi connectivity index (χ1v) is 5.38. The van der Waals surface area contributed by atoms with Gasteiger partial charge in [0.2, 0.25) is 0 Å². The second-order valence-electron chi connectivity index (χ2n) is 2.20. The Kier molecular flexibility index (Phi) is 32.1. The van der Waals surface area contributed by atoms with Crippen molar-refractivity contribution in [2.45, 2.75) is 0 Å². The van der Waals surface area contributed by atoms with Crippen LogP contribution in [0.2, 0.25) is 0 Å². The minimum atomic E-state index is 0. The van der Waals surface area contributed by atoms with Crippen LogP contribution in [0.15, 0.2) is 48.6 Å². The van der Waals surface area contributed by atoms with Crippen LogP contribution in [-0.2, 0) is 104 Å². The summed E-state index contributed by atoms with van der Waals surface area (Å²) in [6.45, 7) is 0. The first kappa shape index (κ1) is 26.6. The van der Waals surface area contributed by atoms with Crippen molar-refractivity contribution in [2.24, 2.45) is 0 Å². The van der Waals surface area contributed by atoms with E-state index in [4.69, 9.17) is 0 Å². The van der Waals surface area contributed by atoms with Gasteiger partial charge in [-0.25, -0.2) is 0 Å². The molecule has 0 atom stereocenters. The summed E-state index contributed by atoms with van der Waals surface area (Å²) in [6.07, 6.45) is 9.09. The quantitative estimate of drug-likeness (QED) is 0.323. The van der Waals surface area contributed by atoms with Gasteiger partial charge in [-0.3, -0.25) is 0 Å². The minimum absolute atomic E-state index is 0. The molecule has 0 aromatic heterocycles. The van der Waals surface area contributed by atoms with Gasteiger partial charge >= 0.3 is 84.0 Å². The predicted octanol–water partition coefficient (Wildman–Crippen LogP) is 2.29. The normalized spacial score (nSPS) is 8.25. The molecule has 1 aromatic rings. The standard InChI is InChI=1S/C11H9.5W/c1-2-3-5-8-11-9-6-4-7-10-11;;;;;/h1-7,9-10H;;;;;/q-1;;;;;/b3-2-;;;;;. The van der Waals surface area contributed by atoms with Crippen LogP contribution in [0.25, 0.3) is 0 Å². The van der Waals surface area contributed by atoms with Crippen molar-refractivity contribution in [3.63, 3.8) is 0 Å².